The summed E-state index contributed by atoms with van der Waals surface area (Å²) < 4.78 is 17.5. The van der Waals surface area contributed by atoms with Crippen LogP contribution in [-0.4, -0.2) is 33.1 Å². The van der Waals surface area contributed by atoms with Gasteiger partial charge in [-0.1, -0.05) is 58.3 Å². The average Bonchev–Trinajstić information content (AvgIpc) is 2.42. The van der Waals surface area contributed by atoms with Gasteiger partial charge in [-0.3, -0.25) is 4.21 Å². The first-order valence-electron chi connectivity index (χ1n) is 9.40. The van der Waals surface area contributed by atoms with E-state index in [1.54, 1.807) is 0 Å². The molecule has 0 saturated carbocycles. The van der Waals surface area contributed by atoms with Crippen molar-refractivity contribution in [3.8, 4) is 0 Å². The third-order valence-corrected chi connectivity index (χ3v) is 11.4. The van der Waals surface area contributed by atoms with Crippen LogP contribution in [0.2, 0.25) is 32.2 Å². The summed E-state index contributed by atoms with van der Waals surface area (Å²) in [6.45, 7) is 11.3. The summed E-state index contributed by atoms with van der Waals surface area (Å²) in [5.74, 6) is 1.74. The second-order valence-electron chi connectivity index (χ2n) is 7.29. The Labute approximate surface area is 145 Å². The predicted octanol–water partition coefficient (Wildman–Crippen LogP) is 5.47. The van der Waals surface area contributed by atoms with Crippen LogP contribution in [-0.2, 0) is 14.9 Å². The highest BCUT2D eigenvalue weighted by molar-refractivity contribution is 7.84. The zero-order valence-electron chi connectivity index (χ0n) is 15.8. The van der Waals surface area contributed by atoms with Gasteiger partial charge in [0.1, 0.15) is 0 Å². The van der Waals surface area contributed by atoms with Crippen molar-refractivity contribution in [1.82, 2.24) is 0 Å². The van der Waals surface area contributed by atoms with Crippen molar-refractivity contribution in [2.24, 2.45) is 0 Å². The molecule has 0 bridgehead atoms. The summed E-state index contributed by atoms with van der Waals surface area (Å²) in [5.41, 5.74) is 0. The van der Waals surface area contributed by atoms with Gasteiger partial charge in [0, 0.05) is 22.3 Å². The van der Waals surface area contributed by atoms with Gasteiger partial charge in [-0.15, -0.1) is 0 Å². The molecule has 0 rings (SSSR count). The average molecular weight is 365 g/mol. The lowest BCUT2D eigenvalue weighted by Crippen LogP contribution is -2.34. The van der Waals surface area contributed by atoms with Crippen molar-refractivity contribution in [3.63, 3.8) is 0 Å². The van der Waals surface area contributed by atoms with Crippen LogP contribution in [0, 0.1) is 0 Å². The Morgan fingerprint density at radius 3 is 1.77 bits per heavy atom. The van der Waals surface area contributed by atoms with E-state index in [1.165, 1.54) is 57.4 Å². The fraction of sp³-hybridized carbons (Fsp3) is 1.00. The first-order valence-corrected chi connectivity index (χ1v) is 16.8. The fourth-order valence-corrected chi connectivity index (χ4v) is 10.4. The molecule has 134 valence electrons. The Balaban J connectivity index is 3.28. The van der Waals surface area contributed by atoms with Crippen molar-refractivity contribution in [2.45, 2.75) is 96.9 Å². The molecule has 0 saturated heterocycles. The molecule has 0 aliphatic rings. The molecule has 0 N–H and O–H groups in total. The van der Waals surface area contributed by atoms with Gasteiger partial charge in [0.2, 0.25) is 0 Å². The quantitative estimate of drug-likeness (QED) is 0.284. The van der Waals surface area contributed by atoms with Crippen LogP contribution >= 0.6 is 0 Å². The zero-order valence-corrected chi connectivity index (χ0v) is 18.8. The van der Waals surface area contributed by atoms with E-state index in [4.69, 9.17) is 4.12 Å². The number of hydrogen-bond acceptors (Lipinski definition) is 2. The molecule has 0 spiro atoms. The van der Waals surface area contributed by atoms with E-state index in [0.717, 1.165) is 17.9 Å². The van der Waals surface area contributed by atoms with Crippen molar-refractivity contribution in [3.05, 3.63) is 0 Å². The molecule has 22 heavy (non-hydrogen) atoms. The summed E-state index contributed by atoms with van der Waals surface area (Å²) in [7, 11) is -2.73. The number of hydrogen-bond donors (Lipinski definition) is 0. The lowest BCUT2D eigenvalue weighted by molar-refractivity contribution is 0.547. The van der Waals surface area contributed by atoms with Gasteiger partial charge < -0.3 is 4.12 Å². The maximum absolute atomic E-state index is 11.3. The number of rotatable bonds is 15. The van der Waals surface area contributed by atoms with Crippen molar-refractivity contribution in [1.29, 1.82) is 0 Å². The van der Waals surface area contributed by atoms with Crippen LogP contribution in [0.1, 0.15) is 64.7 Å². The Hall–Kier alpha value is 0.544. The van der Waals surface area contributed by atoms with Gasteiger partial charge in [0.25, 0.3) is 0 Å². The highest BCUT2D eigenvalue weighted by Gasteiger charge is 2.22. The molecule has 1 atom stereocenters. The van der Waals surface area contributed by atoms with Crippen LogP contribution in [0.25, 0.3) is 0 Å². The van der Waals surface area contributed by atoms with E-state index in [9.17, 15) is 4.21 Å². The molecule has 1 unspecified atom stereocenters. The molecule has 5 heteroatoms. The van der Waals surface area contributed by atoms with Gasteiger partial charge in [-0.25, -0.2) is 0 Å². The van der Waals surface area contributed by atoms with E-state index in [0.29, 0.717) is 0 Å². The number of unbranched alkanes of at least 4 members (excludes halogenated alkanes) is 8. The van der Waals surface area contributed by atoms with Gasteiger partial charge in [0.15, 0.2) is 17.4 Å². The Morgan fingerprint density at radius 1 is 0.864 bits per heavy atom. The molecule has 0 aliphatic heterocycles. The largest absolute Gasteiger partial charge is 0.458 e. The van der Waals surface area contributed by atoms with E-state index < -0.39 is 28.2 Å². The zero-order chi connectivity index (χ0) is 16.8. The van der Waals surface area contributed by atoms with Crippen LogP contribution in [0.3, 0.4) is 0 Å². The monoisotopic (exact) mass is 364 g/mol. The molecule has 0 fully saturated rings. The summed E-state index contributed by atoms with van der Waals surface area (Å²) in [6.07, 6.45) is 12.0. The van der Waals surface area contributed by atoms with Crippen molar-refractivity contribution >= 4 is 28.2 Å². The Morgan fingerprint density at radius 2 is 1.32 bits per heavy atom. The maximum atomic E-state index is 11.3. The fourth-order valence-electron chi connectivity index (χ4n) is 2.89. The minimum atomic E-state index is -1.33. The third kappa shape index (κ3) is 15.4. The molecule has 0 aliphatic carbocycles. The van der Waals surface area contributed by atoms with Gasteiger partial charge in [-0.05, 0) is 38.7 Å². The summed E-state index contributed by atoms with van der Waals surface area (Å²) >= 11 is 0. The molecular formula is C17H40O2SSi2. The molecular weight excluding hydrogens is 324 g/mol. The lowest BCUT2D eigenvalue weighted by atomic mass is 10.1. The smallest absolute Gasteiger partial charge is 0.173 e. The summed E-state index contributed by atoms with van der Waals surface area (Å²) in [4.78, 5) is 0. The first-order chi connectivity index (χ1) is 10.4. The molecule has 0 radical (unpaired) electrons. The maximum Gasteiger partial charge on any atom is 0.173 e. The minimum absolute atomic E-state index is 0.556. The van der Waals surface area contributed by atoms with Crippen LogP contribution in [0.4, 0.5) is 0 Å². The van der Waals surface area contributed by atoms with E-state index in [2.05, 4.69) is 26.2 Å². The second kappa shape index (κ2) is 13.9. The standard InChI is InChI=1S/C17H40O2SSi2/c1-6-20(18)16-14-12-10-8-7-9-11-13-15-17-22(4,5)19-21(2)3/h21H,6-17H2,1-5H3. The Bertz CT molecular complexity index is 284. The highest BCUT2D eigenvalue weighted by atomic mass is 32.2. The highest BCUT2D eigenvalue weighted by Crippen LogP contribution is 2.18. The molecule has 0 amide bonds. The van der Waals surface area contributed by atoms with Crippen molar-refractivity contribution < 1.29 is 8.32 Å². The van der Waals surface area contributed by atoms with Crippen LogP contribution in [0.15, 0.2) is 0 Å². The molecule has 0 aromatic rings. The van der Waals surface area contributed by atoms with E-state index in [-0.39, 0.29) is 0 Å². The van der Waals surface area contributed by atoms with Crippen LogP contribution in [0.5, 0.6) is 0 Å². The minimum Gasteiger partial charge on any atom is -0.458 e. The topological polar surface area (TPSA) is 26.3 Å². The van der Waals surface area contributed by atoms with Gasteiger partial charge >= 0.3 is 0 Å². The second-order valence-corrected chi connectivity index (χ2v) is 16.2. The normalized spacial score (nSPS) is 13.7. The summed E-state index contributed by atoms with van der Waals surface area (Å²) in [6, 6.07) is 1.34. The lowest BCUT2D eigenvalue weighted by Gasteiger charge is -2.25. The summed E-state index contributed by atoms with van der Waals surface area (Å²) in [5, 5.41) is 0. The molecule has 0 heterocycles. The van der Waals surface area contributed by atoms with E-state index >= 15 is 0 Å². The van der Waals surface area contributed by atoms with Crippen molar-refractivity contribution in [2.75, 3.05) is 11.5 Å². The third-order valence-electron chi connectivity index (χ3n) is 4.03. The predicted molar refractivity (Wildman–Crippen MR) is 107 cm³/mol. The van der Waals surface area contributed by atoms with Gasteiger partial charge in [0.05, 0.1) is 0 Å². The molecule has 2 nitrogen and oxygen atoms in total. The Kier molecular flexibility index (Phi) is 14.3. The van der Waals surface area contributed by atoms with Gasteiger partial charge in [-0.2, -0.15) is 0 Å². The molecule has 0 aromatic carbocycles. The molecule has 0 aromatic heterocycles. The van der Waals surface area contributed by atoms with Crippen LogP contribution < -0.4 is 0 Å². The first kappa shape index (κ1) is 22.5. The SMILES string of the molecule is CCS(=O)CCCCCCCCCCC[Si](C)(C)O[SiH](C)C. The van der Waals surface area contributed by atoms with E-state index in [1.807, 2.05) is 6.92 Å².